The Hall–Kier alpha value is -2.18. The zero-order chi connectivity index (χ0) is 43.1. The van der Waals surface area contributed by atoms with Crippen molar-refractivity contribution < 1.29 is 24.5 Å². The summed E-state index contributed by atoms with van der Waals surface area (Å²) in [4.78, 5) is 26.0. The number of esters is 1. The number of rotatable bonds is 45. The van der Waals surface area contributed by atoms with E-state index in [-0.39, 0.29) is 24.9 Å². The number of carbonyl (C=O) groups excluding carboxylic acids is 2. The van der Waals surface area contributed by atoms with Crippen molar-refractivity contribution in [1.82, 2.24) is 5.32 Å². The molecule has 3 unspecified atom stereocenters. The lowest BCUT2D eigenvalue weighted by atomic mass is 10.0. The number of amides is 1. The maximum Gasteiger partial charge on any atom is 0.306 e. The second kappa shape index (κ2) is 46.9. The highest BCUT2D eigenvalue weighted by atomic mass is 16.5. The van der Waals surface area contributed by atoms with Gasteiger partial charge in [-0.25, -0.2) is 0 Å². The van der Waals surface area contributed by atoms with E-state index in [1.165, 1.54) is 122 Å². The van der Waals surface area contributed by atoms with E-state index in [2.05, 4.69) is 74.7 Å². The van der Waals surface area contributed by atoms with Crippen molar-refractivity contribution in [3.63, 3.8) is 0 Å². The predicted molar refractivity (Wildman–Crippen MR) is 255 cm³/mol. The van der Waals surface area contributed by atoms with E-state index in [9.17, 15) is 19.8 Å². The fourth-order valence-electron chi connectivity index (χ4n) is 7.53. The van der Waals surface area contributed by atoms with Crippen LogP contribution in [0.4, 0.5) is 0 Å². The summed E-state index contributed by atoms with van der Waals surface area (Å²) in [5.74, 6) is -0.508. The van der Waals surface area contributed by atoms with Gasteiger partial charge in [-0.15, -0.1) is 0 Å². The number of ether oxygens (including phenoxy) is 1. The molecule has 0 saturated heterocycles. The minimum atomic E-state index is -0.790. The van der Waals surface area contributed by atoms with Crippen LogP contribution in [-0.4, -0.2) is 46.9 Å². The molecule has 0 bridgehead atoms. The third kappa shape index (κ3) is 42.3. The molecule has 0 radical (unpaired) electrons. The third-order valence-corrected chi connectivity index (χ3v) is 11.4. The fraction of sp³-hybridized carbons (Fsp3) is 0.811. The summed E-state index contributed by atoms with van der Waals surface area (Å²) >= 11 is 0. The van der Waals surface area contributed by atoms with Crippen LogP contribution in [0.1, 0.15) is 252 Å². The van der Waals surface area contributed by atoms with Gasteiger partial charge in [0.25, 0.3) is 0 Å². The molecule has 0 heterocycles. The Bertz CT molecular complexity index is 1020. The molecule has 59 heavy (non-hydrogen) atoms. The van der Waals surface area contributed by atoms with E-state index in [1.807, 2.05) is 0 Å². The Kier molecular flexibility index (Phi) is 45.1. The predicted octanol–water partition coefficient (Wildman–Crippen LogP) is 15.1. The number of carbonyl (C=O) groups is 2. The quantitative estimate of drug-likeness (QED) is 0.0323. The fourth-order valence-corrected chi connectivity index (χ4v) is 7.53. The average molecular weight is 828 g/mol. The molecular weight excluding hydrogens is 731 g/mol. The normalized spacial score (nSPS) is 13.6. The SMILES string of the molecule is CCCCC/C=C\C/C=C\C/C=C\C/C=C\CCCCCC(=O)OC(CCCCCCCCCC)CC(=O)NC(CO)C(O)CCCCCCCCCCCCCCC. The molecule has 0 aliphatic carbocycles. The Morgan fingerprint density at radius 3 is 1.32 bits per heavy atom. The molecule has 0 aliphatic rings. The third-order valence-electron chi connectivity index (χ3n) is 11.4. The molecule has 0 aliphatic heterocycles. The number of hydrogen-bond acceptors (Lipinski definition) is 5. The van der Waals surface area contributed by atoms with Crippen LogP contribution in [-0.2, 0) is 14.3 Å². The lowest BCUT2D eigenvalue weighted by Gasteiger charge is -2.24. The van der Waals surface area contributed by atoms with Crippen molar-refractivity contribution in [3.8, 4) is 0 Å². The molecule has 0 aromatic carbocycles. The summed E-state index contributed by atoms with van der Waals surface area (Å²) in [5.41, 5.74) is 0. The highest BCUT2D eigenvalue weighted by Crippen LogP contribution is 2.17. The molecular formula is C53H97NO5. The van der Waals surface area contributed by atoms with E-state index in [0.29, 0.717) is 19.3 Å². The summed E-state index contributed by atoms with van der Waals surface area (Å²) in [6.07, 6.45) is 56.0. The molecule has 344 valence electrons. The minimum Gasteiger partial charge on any atom is -0.462 e. The van der Waals surface area contributed by atoms with Crippen LogP contribution >= 0.6 is 0 Å². The van der Waals surface area contributed by atoms with Gasteiger partial charge in [-0.3, -0.25) is 9.59 Å². The topological polar surface area (TPSA) is 95.9 Å². The van der Waals surface area contributed by atoms with Gasteiger partial charge in [-0.1, -0.05) is 217 Å². The zero-order valence-electron chi connectivity index (χ0n) is 39.1. The van der Waals surface area contributed by atoms with Crippen LogP contribution in [0.15, 0.2) is 48.6 Å². The van der Waals surface area contributed by atoms with Crippen molar-refractivity contribution in [3.05, 3.63) is 48.6 Å². The van der Waals surface area contributed by atoms with Gasteiger partial charge in [0, 0.05) is 6.42 Å². The second-order valence-electron chi connectivity index (χ2n) is 17.2. The number of nitrogens with one attached hydrogen (secondary N) is 1. The summed E-state index contributed by atoms with van der Waals surface area (Å²) in [7, 11) is 0. The van der Waals surface area contributed by atoms with Crippen molar-refractivity contribution in [2.24, 2.45) is 0 Å². The first-order valence-corrected chi connectivity index (χ1v) is 25.4. The second-order valence-corrected chi connectivity index (χ2v) is 17.2. The van der Waals surface area contributed by atoms with Gasteiger partial charge in [0.15, 0.2) is 0 Å². The zero-order valence-corrected chi connectivity index (χ0v) is 39.1. The molecule has 0 aromatic rings. The lowest BCUT2D eigenvalue weighted by Crippen LogP contribution is -2.46. The molecule has 3 atom stereocenters. The smallest absolute Gasteiger partial charge is 0.306 e. The average Bonchev–Trinajstić information content (AvgIpc) is 3.23. The molecule has 0 aromatic heterocycles. The van der Waals surface area contributed by atoms with Gasteiger partial charge in [0.05, 0.1) is 25.2 Å². The summed E-state index contributed by atoms with van der Waals surface area (Å²) < 4.78 is 5.89. The number of unbranched alkanes of at least 4 members (excludes halogenated alkanes) is 25. The van der Waals surface area contributed by atoms with Gasteiger partial charge in [-0.2, -0.15) is 0 Å². The molecule has 0 spiro atoms. The van der Waals surface area contributed by atoms with E-state index in [1.54, 1.807) is 0 Å². The molecule has 0 saturated carbocycles. The van der Waals surface area contributed by atoms with Crippen molar-refractivity contribution in [1.29, 1.82) is 0 Å². The summed E-state index contributed by atoms with van der Waals surface area (Å²) in [6.45, 7) is 6.43. The van der Waals surface area contributed by atoms with Crippen molar-refractivity contribution >= 4 is 11.9 Å². The highest BCUT2D eigenvalue weighted by Gasteiger charge is 2.24. The van der Waals surface area contributed by atoms with Gasteiger partial charge in [0.2, 0.25) is 5.91 Å². The summed E-state index contributed by atoms with van der Waals surface area (Å²) in [5, 5.41) is 23.7. The molecule has 1 amide bonds. The molecule has 6 nitrogen and oxygen atoms in total. The summed E-state index contributed by atoms with van der Waals surface area (Å²) in [6, 6.07) is -0.705. The Labute approximate surface area is 366 Å². The van der Waals surface area contributed by atoms with Crippen LogP contribution in [0.25, 0.3) is 0 Å². The minimum absolute atomic E-state index is 0.0657. The van der Waals surface area contributed by atoms with Crippen LogP contribution in [0.5, 0.6) is 0 Å². The van der Waals surface area contributed by atoms with E-state index in [4.69, 9.17) is 4.74 Å². The maximum absolute atomic E-state index is 13.1. The first kappa shape index (κ1) is 56.8. The van der Waals surface area contributed by atoms with Crippen molar-refractivity contribution in [2.75, 3.05) is 6.61 Å². The largest absolute Gasteiger partial charge is 0.462 e. The number of aliphatic hydroxyl groups is 2. The Morgan fingerprint density at radius 1 is 0.492 bits per heavy atom. The van der Waals surface area contributed by atoms with Crippen LogP contribution in [0.2, 0.25) is 0 Å². The molecule has 0 fully saturated rings. The van der Waals surface area contributed by atoms with E-state index >= 15 is 0 Å². The molecule has 3 N–H and O–H groups in total. The van der Waals surface area contributed by atoms with Gasteiger partial charge in [0.1, 0.15) is 6.10 Å². The first-order chi connectivity index (χ1) is 29.0. The molecule has 6 heteroatoms. The Balaban J connectivity index is 4.47. The van der Waals surface area contributed by atoms with Crippen LogP contribution in [0.3, 0.4) is 0 Å². The number of aliphatic hydroxyl groups excluding tert-OH is 2. The number of allylic oxidation sites excluding steroid dienone is 8. The van der Waals surface area contributed by atoms with Gasteiger partial charge >= 0.3 is 5.97 Å². The monoisotopic (exact) mass is 828 g/mol. The first-order valence-electron chi connectivity index (χ1n) is 25.4. The molecule has 0 rings (SSSR count). The van der Waals surface area contributed by atoms with Crippen molar-refractivity contribution in [2.45, 2.75) is 270 Å². The lowest BCUT2D eigenvalue weighted by molar-refractivity contribution is -0.151. The number of hydrogen-bond donors (Lipinski definition) is 3. The van der Waals surface area contributed by atoms with Crippen LogP contribution < -0.4 is 5.32 Å². The maximum atomic E-state index is 13.1. The van der Waals surface area contributed by atoms with Crippen LogP contribution in [0, 0.1) is 0 Å². The highest BCUT2D eigenvalue weighted by molar-refractivity contribution is 5.77. The van der Waals surface area contributed by atoms with Gasteiger partial charge in [-0.05, 0) is 70.6 Å². The van der Waals surface area contributed by atoms with E-state index < -0.39 is 18.2 Å². The standard InChI is InChI=1S/C53H97NO5/c1-4-7-10-13-16-19-21-23-24-25-26-27-28-30-32-34-37-40-43-46-53(58)59-49(44-41-38-35-18-15-12-9-6-3)47-52(57)54-50(48-55)51(56)45-42-39-36-33-31-29-22-20-17-14-11-8-5-2/h16,19,23-24,26-27,30,32,49-51,55-56H,4-15,17-18,20-22,25,28-29,31,33-48H2,1-3H3,(H,54,57)/b19-16-,24-23-,27-26-,32-30-. The Morgan fingerprint density at radius 2 is 0.864 bits per heavy atom. The van der Waals surface area contributed by atoms with E-state index in [0.717, 1.165) is 83.5 Å². The van der Waals surface area contributed by atoms with Gasteiger partial charge < -0.3 is 20.3 Å².